The Balaban J connectivity index is 2.34. The van der Waals surface area contributed by atoms with E-state index >= 15 is 0 Å². The fraction of sp³-hybridized carbons (Fsp3) is 0.533. The Labute approximate surface area is 131 Å². The summed E-state index contributed by atoms with van der Waals surface area (Å²) in [5.41, 5.74) is 0.596. The molecule has 1 saturated heterocycles. The van der Waals surface area contributed by atoms with E-state index in [1.807, 2.05) is 6.92 Å². The third kappa shape index (κ3) is 3.59. The first-order chi connectivity index (χ1) is 10.5. The highest BCUT2D eigenvalue weighted by atomic mass is 32.2. The maximum Gasteiger partial charge on any atom is 0.244 e. The van der Waals surface area contributed by atoms with E-state index < -0.39 is 10.0 Å². The van der Waals surface area contributed by atoms with Crippen molar-refractivity contribution in [3.05, 3.63) is 18.2 Å². The number of methoxy groups -OCH3 is 1. The summed E-state index contributed by atoms with van der Waals surface area (Å²) in [7, 11) is -2.23. The van der Waals surface area contributed by atoms with E-state index in [2.05, 4.69) is 4.72 Å². The molecule has 0 radical (unpaired) electrons. The Bertz CT molecular complexity index is 643. The monoisotopic (exact) mass is 326 g/mol. The normalized spacial score (nSPS) is 15.4. The smallest absolute Gasteiger partial charge is 0.244 e. The molecule has 6 nitrogen and oxygen atoms in total. The van der Waals surface area contributed by atoms with E-state index in [0.717, 1.165) is 19.3 Å². The highest BCUT2D eigenvalue weighted by Crippen LogP contribution is 2.30. The van der Waals surface area contributed by atoms with Crippen LogP contribution in [0.1, 0.15) is 32.6 Å². The molecule has 7 heteroatoms. The van der Waals surface area contributed by atoms with Crippen LogP contribution in [0.25, 0.3) is 0 Å². The molecule has 0 atom stereocenters. The van der Waals surface area contributed by atoms with Crippen molar-refractivity contribution in [2.75, 3.05) is 25.1 Å². The van der Waals surface area contributed by atoms with Crippen LogP contribution in [0.5, 0.6) is 5.75 Å². The van der Waals surface area contributed by atoms with Crippen LogP contribution >= 0.6 is 0 Å². The van der Waals surface area contributed by atoms with Gasteiger partial charge in [-0.25, -0.2) is 13.1 Å². The standard InChI is InChI=1S/C15H22N2O4S/c1-3-4-9-16-22(19,20)14-11-12(7-8-13(14)21-2)17-10-5-6-15(17)18/h7-8,11,16H,3-6,9-10H2,1-2H3. The molecule has 1 aromatic carbocycles. The van der Waals surface area contributed by atoms with E-state index in [0.29, 0.717) is 25.2 Å². The van der Waals surface area contributed by atoms with Crippen molar-refractivity contribution < 1.29 is 17.9 Å². The van der Waals surface area contributed by atoms with Crippen LogP contribution in [-0.4, -0.2) is 34.5 Å². The van der Waals surface area contributed by atoms with Crippen LogP contribution in [0.4, 0.5) is 5.69 Å². The van der Waals surface area contributed by atoms with Crippen molar-refractivity contribution >= 4 is 21.6 Å². The number of unbranched alkanes of at least 4 members (excludes halogenated alkanes) is 1. The second kappa shape index (κ2) is 7.11. The molecule has 1 N–H and O–H groups in total. The molecule has 0 unspecified atom stereocenters. The predicted octanol–water partition coefficient (Wildman–Crippen LogP) is 1.90. The number of carbonyl (C=O) groups excluding carboxylic acids is 1. The lowest BCUT2D eigenvalue weighted by Gasteiger charge is -2.18. The Morgan fingerprint density at radius 3 is 2.73 bits per heavy atom. The number of benzene rings is 1. The molecule has 0 saturated carbocycles. The van der Waals surface area contributed by atoms with Crippen molar-refractivity contribution in [2.24, 2.45) is 0 Å². The highest BCUT2D eigenvalue weighted by Gasteiger charge is 2.25. The molecular weight excluding hydrogens is 304 g/mol. The van der Waals surface area contributed by atoms with Gasteiger partial charge in [0.25, 0.3) is 0 Å². The zero-order chi connectivity index (χ0) is 16.2. The van der Waals surface area contributed by atoms with Crippen molar-refractivity contribution in [2.45, 2.75) is 37.5 Å². The molecule has 0 aromatic heterocycles. The van der Waals surface area contributed by atoms with E-state index in [1.54, 1.807) is 17.0 Å². The number of rotatable bonds is 7. The lowest BCUT2D eigenvalue weighted by molar-refractivity contribution is -0.117. The molecule has 0 spiro atoms. The summed E-state index contributed by atoms with van der Waals surface area (Å²) in [6.07, 6.45) is 2.97. The number of anilines is 1. The molecule has 1 fully saturated rings. The Morgan fingerprint density at radius 2 is 2.14 bits per heavy atom. The maximum absolute atomic E-state index is 12.4. The average molecular weight is 326 g/mol. The molecule has 122 valence electrons. The van der Waals surface area contributed by atoms with Gasteiger partial charge in [0.1, 0.15) is 10.6 Å². The van der Waals surface area contributed by atoms with Gasteiger partial charge in [-0.2, -0.15) is 0 Å². The number of nitrogens with zero attached hydrogens (tertiary/aromatic N) is 1. The minimum absolute atomic E-state index is 0.0208. The number of nitrogens with one attached hydrogen (secondary N) is 1. The largest absolute Gasteiger partial charge is 0.495 e. The van der Waals surface area contributed by atoms with Gasteiger partial charge in [0.05, 0.1) is 7.11 Å². The number of hydrogen-bond donors (Lipinski definition) is 1. The minimum atomic E-state index is -3.66. The van der Waals surface area contributed by atoms with E-state index in [-0.39, 0.29) is 16.6 Å². The summed E-state index contributed by atoms with van der Waals surface area (Å²) in [6, 6.07) is 4.82. The van der Waals surface area contributed by atoms with Crippen LogP contribution in [0.15, 0.2) is 23.1 Å². The van der Waals surface area contributed by atoms with Crippen LogP contribution in [0, 0.1) is 0 Å². The third-order valence-electron chi connectivity index (χ3n) is 3.64. The van der Waals surface area contributed by atoms with E-state index in [4.69, 9.17) is 4.74 Å². The molecule has 1 aliphatic heterocycles. The van der Waals surface area contributed by atoms with Crippen LogP contribution in [0.3, 0.4) is 0 Å². The summed E-state index contributed by atoms with van der Waals surface area (Å²) >= 11 is 0. The number of hydrogen-bond acceptors (Lipinski definition) is 4. The van der Waals surface area contributed by atoms with Gasteiger partial charge < -0.3 is 9.64 Å². The van der Waals surface area contributed by atoms with Gasteiger partial charge in [0.2, 0.25) is 15.9 Å². The van der Waals surface area contributed by atoms with Crippen LogP contribution in [-0.2, 0) is 14.8 Å². The predicted molar refractivity (Wildman–Crippen MR) is 84.7 cm³/mol. The van der Waals surface area contributed by atoms with Crippen LogP contribution in [0.2, 0.25) is 0 Å². The summed E-state index contributed by atoms with van der Waals surface area (Å²) < 4.78 is 32.6. The SMILES string of the molecule is CCCCNS(=O)(=O)c1cc(N2CCCC2=O)ccc1OC. The second-order valence-corrected chi connectivity index (χ2v) is 6.97. The molecule has 1 aromatic rings. The fourth-order valence-electron chi connectivity index (χ4n) is 2.43. The molecule has 1 amide bonds. The zero-order valence-electron chi connectivity index (χ0n) is 13.0. The summed E-state index contributed by atoms with van der Waals surface area (Å²) in [5.74, 6) is 0.298. The zero-order valence-corrected chi connectivity index (χ0v) is 13.8. The van der Waals surface area contributed by atoms with Crippen LogP contribution < -0.4 is 14.4 Å². The first kappa shape index (κ1) is 16.8. The molecular formula is C15H22N2O4S. The van der Waals surface area contributed by atoms with Gasteiger partial charge in [0.15, 0.2) is 0 Å². The topological polar surface area (TPSA) is 75.7 Å². The molecule has 1 heterocycles. The first-order valence-electron chi connectivity index (χ1n) is 7.47. The summed E-state index contributed by atoms with van der Waals surface area (Å²) in [4.78, 5) is 13.5. The van der Waals surface area contributed by atoms with Crippen molar-refractivity contribution in [1.29, 1.82) is 0 Å². The second-order valence-electron chi connectivity index (χ2n) is 5.24. The van der Waals surface area contributed by atoms with Gasteiger partial charge in [-0.15, -0.1) is 0 Å². The lowest BCUT2D eigenvalue weighted by atomic mass is 10.3. The third-order valence-corrected chi connectivity index (χ3v) is 5.13. The van der Waals surface area contributed by atoms with Crippen molar-refractivity contribution in [1.82, 2.24) is 4.72 Å². The van der Waals surface area contributed by atoms with Crippen molar-refractivity contribution in [3.8, 4) is 5.75 Å². The van der Waals surface area contributed by atoms with Crippen molar-refractivity contribution in [3.63, 3.8) is 0 Å². The Hall–Kier alpha value is -1.60. The maximum atomic E-state index is 12.4. The fourth-order valence-corrected chi connectivity index (χ4v) is 3.69. The molecule has 1 aliphatic rings. The Kier molecular flexibility index (Phi) is 5.42. The summed E-state index contributed by atoms with van der Waals surface area (Å²) in [5, 5.41) is 0. The highest BCUT2D eigenvalue weighted by molar-refractivity contribution is 7.89. The van der Waals surface area contributed by atoms with Gasteiger partial charge in [-0.3, -0.25) is 4.79 Å². The van der Waals surface area contributed by atoms with Gasteiger partial charge in [-0.05, 0) is 31.0 Å². The number of ether oxygens (including phenoxy) is 1. The average Bonchev–Trinajstić information content (AvgIpc) is 2.93. The lowest BCUT2D eigenvalue weighted by Crippen LogP contribution is -2.27. The quantitative estimate of drug-likeness (QED) is 0.777. The molecule has 2 rings (SSSR count). The number of sulfonamides is 1. The molecule has 0 aliphatic carbocycles. The first-order valence-corrected chi connectivity index (χ1v) is 8.96. The Morgan fingerprint density at radius 1 is 1.36 bits per heavy atom. The van der Waals surface area contributed by atoms with E-state index in [9.17, 15) is 13.2 Å². The molecule has 22 heavy (non-hydrogen) atoms. The van der Waals surface area contributed by atoms with Gasteiger partial charge in [-0.1, -0.05) is 13.3 Å². The number of carbonyl (C=O) groups is 1. The van der Waals surface area contributed by atoms with Gasteiger partial charge in [0, 0.05) is 25.2 Å². The molecule has 0 bridgehead atoms. The van der Waals surface area contributed by atoms with Gasteiger partial charge >= 0.3 is 0 Å². The summed E-state index contributed by atoms with van der Waals surface area (Å²) in [6.45, 7) is 3.00. The minimum Gasteiger partial charge on any atom is -0.495 e. The van der Waals surface area contributed by atoms with E-state index in [1.165, 1.54) is 13.2 Å². The number of amides is 1.